The molecule has 0 aliphatic rings. The Morgan fingerprint density at radius 1 is 1.30 bits per heavy atom. The van der Waals surface area contributed by atoms with E-state index in [1.807, 2.05) is 0 Å². The number of hydrogen-bond donors (Lipinski definition) is 0. The Morgan fingerprint density at radius 2 is 1.90 bits per heavy atom. The van der Waals surface area contributed by atoms with Crippen LogP contribution in [0.5, 0.6) is 0 Å². The number of aromatic nitrogens is 2. The summed E-state index contributed by atoms with van der Waals surface area (Å²) in [5.41, 5.74) is 6.74. The minimum atomic E-state index is -1.29. The molecule has 1 aromatic heterocycles. The average molecular weight is 165 g/mol. The van der Waals surface area contributed by atoms with Gasteiger partial charge in [0, 0.05) is 0 Å². The second-order valence-corrected chi connectivity index (χ2v) is 1.82. The molecule has 10 heavy (non-hydrogen) atoms. The molecule has 1 aromatic rings. The summed E-state index contributed by atoms with van der Waals surface area (Å²) in [5.74, 6) is -1.86. The van der Waals surface area contributed by atoms with Crippen LogP contribution in [0.3, 0.4) is 0 Å². The molecule has 1 N–H and O–H groups in total. The lowest BCUT2D eigenvalue weighted by atomic mass is 10.6. The summed E-state index contributed by atoms with van der Waals surface area (Å²) in [5, 5.41) is -0.568. The number of nitrogens with zero attached hydrogens (tertiary/aromatic N) is 2. The van der Waals surface area contributed by atoms with Crippen molar-refractivity contribution in [1.82, 2.24) is 15.7 Å². The molecular formula is C4HClF2N3. The monoisotopic (exact) mass is 164 g/mol. The van der Waals surface area contributed by atoms with Gasteiger partial charge >= 0.3 is 6.08 Å². The molecule has 0 amide bonds. The number of rotatable bonds is 0. The molecule has 0 saturated heterocycles. The van der Waals surface area contributed by atoms with E-state index in [1.165, 1.54) is 0 Å². The van der Waals surface area contributed by atoms with E-state index in [0.717, 1.165) is 0 Å². The molecule has 53 valence electrons. The number of hydrogen-bond acceptors (Lipinski definition) is 2. The highest BCUT2D eigenvalue weighted by Gasteiger charge is 2.08. The fourth-order valence-electron chi connectivity index (χ4n) is 0.394. The van der Waals surface area contributed by atoms with Gasteiger partial charge in [-0.2, -0.15) is 18.7 Å². The molecular weight excluding hydrogens is 164 g/mol. The third kappa shape index (κ3) is 1.13. The van der Waals surface area contributed by atoms with Gasteiger partial charge in [-0.25, -0.2) is 0 Å². The molecule has 6 heteroatoms. The van der Waals surface area contributed by atoms with E-state index in [0.29, 0.717) is 0 Å². The van der Waals surface area contributed by atoms with Gasteiger partial charge in [-0.3, -0.25) is 5.73 Å². The van der Waals surface area contributed by atoms with E-state index in [4.69, 9.17) is 17.3 Å². The highest BCUT2D eigenvalue weighted by Crippen LogP contribution is 2.18. The summed E-state index contributed by atoms with van der Waals surface area (Å²) >= 11 is 5.10. The first-order valence-corrected chi connectivity index (χ1v) is 2.59. The van der Waals surface area contributed by atoms with Crippen molar-refractivity contribution in [2.75, 3.05) is 0 Å². The first kappa shape index (κ1) is 7.14. The van der Waals surface area contributed by atoms with Gasteiger partial charge in [0.05, 0.1) is 0 Å². The van der Waals surface area contributed by atoms with Crippen LogP contribution in [0.15, 0.2) is 0 Å². The maximum absolute atomic E-state index is 12.2. The molecule has 0 saturated carbocycles. The molecule has 0 fully saturated rings. The van der Waals surface area contributed by atoms with E-state index < -0.39 is 22.9 Å². The van der Waals surface area contributed by atoms with Crippen LogP contribution in [-0.4, -0.2) is 9.97 Å². The molecule has 1 radical (unpaired) electrons. The van der Waals surface area contributed by atoms with Crippen LogP contribution < -0.4 is 5.73 Å². The van der Waals surface area contributed by atoms with Gasteiger partial charge in [0.15, 0.2) is 5.82 Å². The number of nitrogens with one attached hydrogen (secondary N) is 1. The molecule has 0 spiro atoms. The lowest BCUT2D eigenvalue weighted by molar-refractivity contribution is 0.484. The first-order valence-electron chi connectivity index (χ1n) is 2.21. The van der Waals surface area contributed by atoms with Crippen LogP contribution in [0.2, 0.25) is 5.02 Å². The Kier molecular flexibility index (Phi) is 1.67. The van der Waals surface area contributed by atoms with Gasteiger partial charge in [-0.15, -0.1) is 0 Å². The second kappa shape index (κ2) is 2.34. The minimum absolute atomic E-state index is 0.568. The smallest absolute Gasteiger partial charge is 0.281 e. The average Bonchev–Trinajstić information content (AvgIpc) is 1.82. The number of halogens is 3. The molecule has 1 rings (SSSR count). The van der Waals surface area contributed by atoms with Gasteiger partial charge < -0.3 is 0 Å². The zero-order valence-electron chi connectivity index (χ0n) is 4.53. The Hall–Kier alpha value is -0.970. The van der Waals surface area contributed by atoms with Crippen LogP contribution in [-0.2, 0) is 0 Å². The van der Waals surface area contributed by atoms with Crippen molar-refractivity contribution in [1.29, 1.82) is 0 Å². The van der Waals surface area contributed by atoms with Gasteiger partial charge in [0.1, 0.15) is 5.02 Å². The van der Waals surface area contributed by atoms with Crippen LogP contribution in [0.4, 0.5) is 14.6 Å². The highest BCUT2D eigenvalue weighted by molar-refractivity contribution is 6.32. The standard InChI is InChI=1S/C4HClF2N3/c5-1-2(6)9-4(7)10-3(1)8/h8H. The van der Waals surface area contributed by atoms with E-state index in [1.54, 1.807) is 0 Å². The van der Waals surface area contributed by atoms with Gasteiger partial charge in [0.2, 0.25) is 5.95 Å². The van der Waals surface area contributed by atoms with Crippen LogP contribution in [0.1, 0.15) is 0 Å². The van der Waals surface area contributed by atoms with E-state index in [-0.39, 0.29) is 0 Å². The molecule has 0 atom stereocenters. The molecule has 1 heterocycles. The topological polar surface area (TPSA) is 49.6 Å². The summed E-state index contributed by atoms with van der Waals surface area (Å²) in [6.45, 7) is 0. The zero-order valence-corrected chi connectivity index (χ0v) is 5.28. The van der Waals surface area contributed by atoms with Gasteiger partial charge in [-0.1, -0.05) is 11.6 Å². The predicted molar refractivity (Wildman–Crippen MR) is 29.7 cm³/mol. The lowest BCUT2D eigenvalue weighted by Crippen LogP contribution is -1.95. The van der Waals surface area contributed by atoms with Crippen LogP contribution in [0.25, 0.3) is 0 Å². The van der Waals surface area contributed by atoms with Crippen molar-refractivity contribution in [2.45, 2.75) is 0 Å². The largest absolute Gasteiger partial charge is 0.313 e. The second-order valence-electron chi connectivity index (χ2n) is 1.45. The molecule has 0 unspecified atom stereocenters. The summed E-state index contributed by atoms with van der Waals surface area (Å²) in [4.78, 5) is 5.49. The maximum atomic E-state index is 12.2. The maximum Gasteiger partial charge on any atom is 0.313 e. The Morgan fingerprint density at radius 3 is 2.40 bits per heavy atom. The van der Waals surface area contributed by atoms with E-state index >= 15 is 0 Å². The van der Waals surface area contributed by atoms with Crippen molar-refractivity contribution in [3.8, 4) is 0 Å². The fraction of sp³-hybridized carbons (Fsp3) is 0. The van der Waals surface area contributed by atoms with Crippen molar-refractivity contribution < 1.29 is 8.78 Å². The summed E-state index contributed by atoms with van der Waals surface area (Å²) in [6, 6.07) is 0. The summed E-state index contributed by atoms with van der Waals surface area (Å²) in [7, 11) is 0. The molecule has 0 aliphatic heterocycles. The lowest BCUT2D eigenvalue weighted by Gasteiger charge is -1.94. The quantitative estimate of drug-likeness (QED) is 0.429. The van der Waals surface area contributed by atoms with Crippen molar-refractivity contribution in [2.24, 2.45) is 0 Å². The van der Waals surface area contributed by atoms with Crippen molar-refractivity contribution in [3.63, 3.8) is 0 Å². The van der Waals surface area contributed by atoms with Gasteiger partial charge in [0.25, 0.3) is 0 Å². The SMILES string of the molecule is [NH]c1nc(F)nc(F)c1Cl. The van der Waals surface area contributed by atoms with E-state index in [2.05, 4.69) is 9.97 Å². The third-order valence-electron chi connectivity index (χ3n) is 0.784. The third-order valence-corrected chi connectivity index (χ3v) is 1.12. The Labute approximate surface area is 59.8 Å². The van der Waals surface area contributed by atoms with Crippen molar-refractivity contribution in [3.05, 3.63) is 17.0 Å². The van der Waals surface area contributed by atoms with Crippen molar-refractivity contribution >= 4 is 17.4 Å². The molecule has 0 aromatic carbocycles. The Balaban J connectivity index is 3.31. The summed E-state index contributed by atoms with van der Waals surface area (Å²) in [6.07, 6.45) is -1.29. The fourth-order valence-corrected chi connectivity index (χ4v) is 0.479. The minimum Gasteiger partial charge on any atom is -0.281 e. The predicted octanol–water partition coefficient (Wildman–Crippen LogP) is 1.32. The normalized spacial score (nSPS) is 9.90. The van der Waals surface area contributed by atoms with Gasteiger partial charge in [-0.05, 0) is 0 Å². The Bertz CT molecular complexity index is 242. The van der Waals surface area contributed by atoms with Crippen LogP contribution in [0, 0.1) is 12.0 Å². The molecule has 3 nitrogen and oxygen atoms in total. The van der Waals surface area contributed by atoms with Crippen LogP contribution >= 0.6 is 11.6 Å². The van der Waals surface area contributed by atoms with E-state index in [9.17, 15) is 8.78 Å². The highest BCUT2D eigenvalue weighted by atomic mass is 35.5. The molecule has 0 bridgehead atoms. The molecule has 0 aliphatic carbocycles. The zero-order chi connectivity index (χ0) is 7.72. The summed E-state index contributed by atoms with van der Waals surface area (Å²) < 4.78 is 24.2. The first-order chi connectivity index (χ1) is 4.61.